The fourth-order valence-corrected chi connectivity index (χ4v) is 2.40. The maximum absolute atomic E-state index is 12.5. The van der Waals surface area contributed by atoms with Crippen LogP contribution in [0.3, 0.4) is 0 Å². The van der Waals surface area contributed by atoms with Crippen LogP contribution >= 0.6 is 15.9 Å². The van der Waals surface area contributed by atoms with Gasteiger partial charge in [0.1, 0.15) is 5.92 Å². The van der Waals surface area contributed by atoms with Gasteiger partial charge < -0.3 is 10.1 Å². The van der Waals surface area contributed by atoms with E-state index in [0.717, 1.165) is 10.0 Å². The molecular formula is C18H18BrNO3. The summed E-state index contributed by atoms with van der Waals surface area (Å²) in [7, 11) is 0. The topological polar surface area (TPSA) is 55.4 Å². The van der Waals surface area contributed by atoms with Gasteiger partial charge in [-0.05, 0) is 43.2 Å². The van der Waals surface area contributed by atoms with Crippen molar-refractivity contribution < 1.29 is 14.3 Å². The summed E-state index contributed by atoms with van der Waals surface area (Å²) in [5.41, 5.74) is 1.55. The van der Waals surface area contributed by atoms with Crippen LogP contribution in [0.2, 0.25) is 0 Å². The molecule has 0 saturated heterocycles. The molecule has 1 atom stereocenters. The van der Waals surface area contributed by atoms with Gasteiger partial charge in [-0.25, -0.2) is 0 Å². The Bertz CT molecular complexity index is 656. The molecule has 120 valence electrons. The first-order valence-corrected chi connectivity index (χ1v) is 8.16. The Kier molecular flexibility index (Phi) is 6.35. The standard InChI is InChI=1S/C18H18BrNO3/c1-2-23-18(22)16(12-13-6-4-3-5-7-13)17(21)20-15-10-8-14(19)9-11-15/h3-11,16H,2,12H2,1H3,(H,20,21). The molecule has 0 heterocycles. The van der Waals surface area contributed by atoms with Crippen LogP contribution in [0.4, 0.5) is 5.69 Å². The minimum absolute atomic E-state index is 0.246. The van der Waals surface area contributed by atoms with Crippen molar-refractivity contribution in [1.82, 2.24) is 0 Å². The Morgan fingerprint density at radius 2 is 1.74 bits per heavy atom. The van der Waals surface area contributed by atoms with Gasteiger partial charge in [-0.3, -0.25) is 9.59 Å². The van der Waals surface area contributed by atoms with Gasteiger partial charge >= 0.3 is 5.97 Å². The molecule has 4 nitrogen and oxygen atoms in total. The Hall–Kier alpha value is -2.14. The van der Waals surface area contributed by atoms with E-state index in [-0.39, 0.29) is 12.5 Å². The quantitative estimate of drug-likeness (QED) is 0.616. The van der Waals surface area contributed by atoms with E-state index in [9.17, 15) is 9.59 Å². The fraction of sp³-hybridized carbons (Fsp3) is 0.222. The number of rotatable bonds is 6. The molecule has 0 aliphatic rings. The molecule has 2 rings (SSSR count). The second-order valence-electron chi connectivity index (χ2n) is 4.99. The molecule has 1 unspecified atom stereocenters. The molecule has 0 bridgehead atoms. The van der Waals surface area contributed by atoms with Crippen molar-refractivity contribution in [3.63, 3.8) is 0 Å². The molecule has 0 aromatic heterocycles. The minimum Gasteiger partial charge on any atom is -0.465 e. The number of esters is 1. The molecule has 2 aromatic rings. The number of hydrogen-bond acceptors (Lipinski definition) is 3. The molecule has 0 spiro atoms. The molecular weight excluding hydrogens is 358 g/mol. The summed E-state index contributed by atoms with van der Waals surface area (Å²) >= 11 is 3.34. The second kappa shape index (κ2) is 8.48. The number of carbonyl (C=O) groups excluding carboxylic acids is 2. The number of carbonyl (C=O) groups is 2. The van der Waals surface area contributed by atoms with E-state index in [1.54, 1.807) is 19.1 Å². The van der Waals surface area contributed by atoms with Crippen molar-refractivity contribution >= 4 is 33.5 Å². The number of halogens is 1. The lowest BCUT2D eigenvalue weighted by molar-refractivity contribution is -0.150. The van der Waals surface area contributed by atoms with Crippen molar-refractivity contribution in [3.05, 3.63) is 64.6 Å². The number of benzene rings is 2. The predicted molar refractivity (Wildman–Crippen MR) is 93.0 cm³/mol. The van der Waals surface area contributed by atoms with Gasteiger partial charge in [0.25, 0.3) is 0 Å². The van der Waals surface area contributed by atoms with Crippen LogP contribution < -0.4 is 5.32 Å². The summed E-state index contributed by atoms with van der Waals surface area (Å²) in [4.78, 5) is 24.6. The largest absolute Gasteiger partial charge is 0.465 e. The van der Waals surface area contributed by atoms with Crippen LogP contribution in [0, 0.1) is 5.92 Å². The van der Waals surface area contributed by atoms with Crippen LogP contribution in [0.5, 0.6) is 0 Å². The van der Waals surface area contributed by atoms with E-state index in [4.69, 9.17) is 4.74 Å². The van der Waals surface area contributed by atoms with Crippen LogP contribution in [0.15, 0.2) is 59.1 Å². The smallest absolute Gasteiger partial charge is 0.318 e. The Morgan fingerprint density at radius 1 is 1.09 bits per heavy atom. The zero-order valence-corrected chi connectivity index (χ0v) is 14.4. The Labute approximate surface area is 144 Å². The third-order valence-electron chi connectivity index (χ3n) is 3.28. The zero-order chi connectivity index (χ0) is 16.7. The van der Waals surface area contributed by atoms with E-state index in [1.165, 1.54) is 0 Å². The average molecular weight is 376 g/mol. The number of anilines is 1. The monoisotopic (exact) mass is 375 g/mol. The van der Waals surface area contributed by atoms with Gasteiger partial charge in [-0.15, -0.1) is 0 Å². The van der Waals surface area contributed by atoms with Crippen LogP contribution in [-0.2, 0) is 20.7 Å². The number of amides is 1. The first-order chi connectivity index (χ1) is 11.1. The highest BCUT2D eigenvalue weighted by Crippen LogP contribution is 2.17. The van der Waals surface area contributed by atoms with Crippen LogP contribution in [-0.4, -0.2) is 18.5 Å². The Balaban J connectivity index is 2.13. The molecule has 0 saturated carbocycles. The van der Waals surface area contributed by atoms with Crippen molar-refractivity contribution in [2.45, 2.75) is 13.3 Å². The summed E-state index contributed by atoms with van der Waals surface area (Å²) in [5.74, 6) is -1.75. The highest BCUT2D eigenvalue weighted by molar-refractivity contribution is 9.10. The van der Waals surface area contributed by atoms with E-state index >= 15 is 0 Å². The summed E-state index contributed by atoms with van der Waals surface area (Å²) in [6.45, 7) is 1.97. The van der Waals surface area contributed by atoms with Gasteiger partial charge in [-0.2, -0.15) is 0 Å². The molecule has 1 N–H and O–H groups in total. The van der Waals surface area contributed by atoms with Gasteiger partial charge in [0.05, 0.1) is 6.61 Å². The lowest BCUT2D eigenvalue weighted by Gasteiger charge is -2.16. The highest BCUT2D eigenvalue weighted by atomic mass is 79.9. The van der Waals surface area contributed by atoms with E-state index in [1.807, 2.05) is 42.5 Å². The number of hydrogen-bond donors (Lipinski definition) is 1. The normalized spacial score (nSPS) is 11.6. The molecule has 0 aliphatic carbocycles. The molecule has 1 amide bonds. The zero-order valence-electron chi connectivity index (χ0n) is 12.8. The third kappa shape index (κ3) is 5.21. The molecule has 2 aromatic carbocycles. The molecule has 0 radical (unpaired) electrons. The van der Waals surface area contributed by atoms with Gasteiger partial charge in [0.2, 0.25) is 5.91 Å². The third-order valence-corrected chi connectivity index (χ3v) is 3.81. The fourth-order valence-electron chi connectivity index (χ4n) is 2.14. The van der Waals surface area contributed by atoms with Crippen LogP contribution in [0.25, 0.3) is 0 Å². The molecule has 23 heavy (non-hydrogen) atoms. The number of nitrogens with one attached hydrogen (secondary N) is 1. The van der Waals surface area contributed by atoms with Gasteiger partial charge in [0.15, 0.2) is 0 Å². The first kappa shape index (κ1) is 17.2. The number of ether oxygens (including phenoxy) is 1. The van der Waals surface area contributed by atoms with Crippen molar-refractivity contribution in [2.24, 2.45) is 5.92 Å². The summed E-state index contributed by atoms with van der Waals surface area (Å²) < 4.78 is 5.97. The Morgan fingerprint density at radius 3 is 2.35 bits per heavy atom. The van der Waals surface area contributed by atoms with E-state index in [0.29, 0.717) is 12.1 Å². The maximum Gasteiger partial charge on any atom is 0.318 e. The first-order valence-electron chi connectivity index (χ1n) is 7.37. The summed E-state index contributed by atoms with van der Waals surface area (Å²) in [5, 5.41) is 2.77. The van der Waals surface area contributed by atoms with Crippen LogP contribution in [0.1, 0.15) is 12.5 Å². The summed E-state index contributed by atoms with van der Waals surface area (Å²) in [6, 6.07) is 16.6. The second-order valence-corrected chi connectivity index (χ2v) is 5.91. The molecule has 0 fully saturated rings. The van der Waals surface area contributed by atoms with Gasteiger partial charge in [0, 0.05) is 10.2 Å². The van der Waals surface area contributed by atoms with Gasteiger partial charge in [-0.1, -0.05) is 46.3 Å². The van der Waals surface area contributed by atoms with E-state index < -0.39 is 11.9 Å². The minimum atomic E-state index is -0.874. The lowest BCUT2D eigenvalue weighted by atomic mass is 9.98. The lowest BCUT2D eigenvalue weighted by Crippen LogP contribution is -2.33. The van der Waals surface area contributed by atoms with Crippen molar-refractivity contribution in [2.75, 3.05) is 11.9 Å². The maximum atomic E-state index is 12.5. The summed E-state index contributed by atoms with van der Waals surface area (Å²) in [6.07, 6.45) is 0.308. The van der Waals surface area contributed by atoms with Crippen molar-refractivity contribution in [3.8, 4) is 0 Å². The van der Waals surface area contributed by atoms with E-state index in [2.05, 4.69) is 21.2 Å². The highest BCUT2D eigenvalue weighted by Gasteiger charge is 2.28. The van der Waals surface area contributed by atoms with Crippen molar-refractivity contribution in [1.29, 1.82) is 0 Å². The molecule has 5 heteroatoms. The SMILES string of the molecule is CCOC(=O)C(Cc1ccccc1)C(=O)Nc1ccc(Br)cc1. The predicted octanol–water partition coefficient (Wildman–Crippen LogP) is 3.81. The average Bonchev–Trinajstić information content (AvgIpc) is 2.56. The molecule has 0 aliphatic heterocycles.